The van der Waals surface area contributed by atoms with Gasteiger partial charge in [-0.05, 0) is 55.0 Å². The van der Waals surface area contributed by atoms with Crippen molar-refractivity contribution >= 4 is 39.1 Å². The summed E-state index contributed by atoms with van der Waals surface area (Å²) in [6, 6.07) is 39.7. The van der Waals surface area contributed by atoms with Crippen molar-refractivity contribution < 1.29 is 0 Å². The molecule has 0 aliphatic heterocycles. The van der Waals surface area contributed by atoms with Crippen molar-refractivity contribution in [2.45, 2.75) is 13.1 Å². The fourth-order valence-electron chi connectivity index (χ4n) is 3.87. The first-order valence-corrected chi connectivity index (χ1v) is 12.3. The third kappa shape index (κ3) is 3.58. The summed E-state index contributed by atoms with van der Waals surface area (Å²) < 4.78 is 1.19. The van der Waals surface area contributed by atoms with E-state index < -0.39 is 7.26 Å². The maximum absolute atomic E-state index is 3.84. The number of hydrogen-bond donors (Lipinski definition) is 0. The molecule has 28 heavy (non-hydrogen) atoms. The first-order valence-electron chi connectivity index (χ1n) is 9.51. The molecule has 0 bridgehead atoms. The summed E-state index contributed by atoms with van der Waals surface area (Å²) in [4.78, 5) is 0. The van der Waals surface area contributed by atoms with Gasteiger partial charge in [-0.3, -0.25) is 0 Å². The summed E-state index contributed by atoms with van der Waals surface area (Å²) >= 11 is 3.84. The van der Waals surface area contributed by atoms with E-state index in [9.17, 15) is 0 Å². The third-order valence-corrected chi connectivity index (χ3v) is 10.4. The number of halogens is 1. The van der Waals surface area contributed by atoms with Gasteiger partial charge in [-0.25, -0.2) is 0 Å². The summed E-state index contributed by atoms with van der Waals surface area (Å²) in [6.07, 6.45) is 0.998. The van der Waals surface area contributed by atoms with Gasteiger partial charge >= 0.3 is 0 Å². The molecule has 0 heterocycles. The lowest BCUT2D eigenvalue weighted by Crippen LogP contribution is -2.32. The molecule has 0 N–H and O–H groups in total. The Morgan fingerprint density at radius 1 is 0.571 bits per heavy atom. The number of aryl methyl sites for hydroxylation is 1. The van der Waals surface area contributed by atoms with Gasteiger partial charge in [0.1, 0.15) is 23.2 Å². The van der Waals surface area contributed by atoms with Crippen molar-refractivity contribution in [1.29, 1.82) is 0 Å². The van der Waals surface area contributed by atoms with E-state index in [1.54, 1.807) is 0 Å². The lowest BCUT2D eigenvalue weighted by molar-refractivity contribution is 1.27. The van der Waals surface area contributed by atoms with Gasteiger partial charge in [-0.2, -0.15) is 0 Å². The summed E-state index contributed by atoms with van der Waals surface area (Å²) in [7, 11) is -1.86. The minimum atomic E-state index is -1.86. The van der Waals surface area contributed by atoms with E-state index >= 15 is 0 Å². The molecule has 4 rings (SSSR count). The molecular formula is C26H23BrP+. The Hall–Kier alpha value is -2.21. The van der Waals surface area contributed by atoms with E-state index in [-0.39, 0.29) is 0 Å². The average molecular weight is 446 g/mol. The van der Waals surface area contributed by atoms with E-state index in [1.165, 1.54) is 31.5 Å². The molecule has 0 saturated heterocycles. The van der Waals surface area contributed by atoms with E-state index in [4.69, 9.17) is 0 Å². The molecule has 4 aromatic carbocycles. The summed E-state index contributed by atoms with van der Waals surface area (Å²) in [5.41, 5.74) is 2.73. The molecular weight excluding hydrogens is 423 g/mol. The minimum Gasteiger partial charge on any atom is -0.0620 e. The molecule has 0 unspecified atom stereocenters. The Kier molecular flexibility index (Phi) is 5.76. The average Bonchev–Trinajstić information content (AvgIpc) is 2.76. The largest absolute Gasteiger partial charge is 0.116 e. The van der Waals surface area contributed by atoms with Crippen LogP contribution in [0.4, 0.5) is 0 Å². The SMILES string of the molecule is Cc1cccc(Br)c1C[P+](c1ccccc1)(c1ccccc1)c1ccccc1. The predicted octanol–water partition coefficient (Wildman–Crippen LogP) is 6.25. The lowest BCUT2D eigenvalue weighted by atomic mass is 10.1. The molecule has 0 spiro atoms. The number of benzene rings is 4. The van der Waals surface area contributed by atoms with Gasteiger partial charge in [-0.1, -0.05) is 82.7 Å². The maximum Gasteiger partial charge on any atom is 0.116 e. The lowest BCUT2D eigenvalue weighted by Gasteiger charge is -2.28. The zero-order valence-corrected chi connectivity index (χ0v) is 18.4. The maximum atomic E-state index is 3.84. The molecule has 0 aliphatic carbocycles. The van der Waals surface area contributed by atoms with Crippen LogP contribution in [0.1, 0.15) is 11.1 Å². The van der Waals surface area contributed by atoms with Crippen LogP contribution in [0.25, 0.3) is 0 Å². The Balaban J connectivity index is 2.04. The zero-order chi connectivity index (χ0) is 19.4. The Morgan fingerprint density at radius 3 is 1.39 bits per heavy atom. The van der Waals surface area contributed by atoms with Gasteiger partial charge < -0.3 is 0 Å². The van der Waals surface area contributed by atoms with Gasteiger partial charge in [0.05, 0.1) is 6.16 Å². The van der Waals surface area contributed by atoms with Crippen molar-refractivity contribution in [3.63, 3.8) is 0 Å². The second kappa shape index (κ2) is 8.43. The molecule has 138 valence electrons. The molecule has 0 nitrogen and oxygen atoms in total. The van der Waals surface area contributed by atoms with Crippen LogP contribution in [0.5, 0.6) is 0 Å². The topological polar surface area (TPSA) is 0 Å². The highest BCUT2D eigenvalue weighted by molar-refractivity contribution is 9.10. The van der Waals surface area contributed by atoms with Crippen LogP contribution in [0.2, 0.25) is 0 Å². The van der Waals surface area contributed by atoms with Crippen molar-refractivity contribution in [1.82, 2.24) is 0 Å². The van der Waals surface area contributed by atoms with Crippen LogP contribution in [-0.2, 0) is 6.16 Å². The second-order valence-electron chi connectivity index (χ2n) is 7.01. The normalized spacial score (nSPS) is 11.4. The fraction of sp³-hybridized carbons (Fsp3) is 0.0769. The van der Waals surface area contributed by atoms with Gasteiger partial charge in [0, 0.05) is 10.0 Å². The Labute approximate surface area is 176 Å². The molecule has 0 atom stereocenters. The smallest absolute Gasteiger partial charge is 0.0620 e. The molecule has 4 aromatic rings. The molecule has 0 aliphatic rings. The first kappa shape index (κ1) is 19.1. The molecule has 0 fully saturated rings. The van der Waals surface area contributed by atoms with Crippen LogP contribution in [0, 0.1) is 6.92 Å². The molecule has 0 saturated carbocycles. The van der Waals surface area contributed by atoms with Crippen molar-refractivity contribution in [2.24, 2.45) is 0 Å². The van der Waals surface area contributed by atoms with Gasteiger partial charge in [0.2, 0.25) is 0 Å². The molecule has 0 aromatic heterocycles. The van der Waals surface area contributed by atoms with Gasteiger partial charge in [0.15, 0.2) is 0 Å². The van der Waals surface area contributed by atoms with Crippen LogP contribution in [-0.4, -0.2) is 0 Å². The van der Waals surface area contributed by atoms with E-state index in [1.807, 2.05) is 0 Å². The molecule has 2 heteroatoms. The summed E-state index contributed by atoms with van der Waals surface area (Å²) in [6.45, 7) is 2.22. The van der Waals surface area contributed by atoms with Crippen molar-refractivity contribution in [2.75, 3.05) is 0 Å². The Morgan fingerprint density at radius 2 is 1.00 bits per heavy atom. The standard InChI is InChI=1S/C26H23BrP/c1-21-12-11-19-26(27)25(21)20-28(22-13-5-2-6-14-22,23-15-7-3-8-16-23)24-17-9-4-10-18-24/h2-19H,20H2,1H3/q+1. The molecule has 0 amide bonds. The van der Waals surface area contributed by atoms with Crippen molar-refractivity contribution in [3.8, 4) is 0 Å². The highest BCUT2D eigenvalue weighted by Crippen LogP contribution is 2.59. The van der Waals surface area contributed by atoms with E-state index in [2.05, 4.69) is 132 Å². The third-order valence-electron chi connectivity index (χ3n) is 5.34. The summed E-state index contributed by atoms with van der Waals surface area (Å²) in [5, 5.41) is 4.26. The monoisotopic (exact) mass is 445 g/mol. The van der Waals surface area contributed by atoms with Crippen LogP contribution < -0.4 is 15.9 Å². The second-order valence-corrected chi connectivity index (χ2v) is 11.3. The molecule has 0 radical (unpaired) electrons. The first-order chi connectivity index (χ1) is 13.7. The Bertz CT molecular complexity index is 927. The fourth-order valence-corrected chi connectivity index (χ4v) is 9.07. The number of rotatable bonds is 5. The van der Waals surface area contributed by atoms with Crippen LogP contribution in [0.3, 0.4) is 0 Å². The van der Waals surface area contributed by atoms with Gasteiger partial charge in [0.25, 0.3) is 0 Å². The van der Waals surface area contributed by atoms with E-state index in [0.717, 1.165) is 6.16 Å². The number of hydrogen-bond acceptors (Lipinski definition) is 0. The van der Waals surface area contributed by atoms with E-state index in [0.29, 0.717) is 0 Å². The van der Waals surface area contributed by atoms with Gasteiger partial charge in [-0.15, -0.1) is 0 Å². The van der Waals surface area contributed by atoms with Crippen molar-refractivity contribution in [3.05, 3.63) is 125 Å². The highest BCUT2D eigenvalue weighted by Gasteiger charge is 2.45. The highest BCUT2D eigenvalue weighted by atomic mass is 79.9. The minimum absolute atomic E-state index is 0.998. The zero-order valence-electron chi connectivity index (χ0n) is 15.9. The summed E-state index contributed by atoms with van der Waals surface area (Å²) in [5.74, 6) is 0. The predicted molar refractivity (Wildman–Crippen MR) is 128 cm³/mol. The van der Waals surface area contributed by atoms with Crippen LogP contribution in [0.15, 0.2) is 114 Å². The quantitative estimate of drug-likeness (QED) is 0.318. The van der Waals surface area contributed by atoms with Crippen LogP contribution >= 0.6 is 23.2 Å².